The smallest absolute Gasteiger partial charge is 0.246 e. The van der Waals surface area contributed by atoms with Gasteiger partial charge in [-0.3, -0.25) is 24.0 Å². The fourth-order valence-corrected chi connectivity index (χ4v) is 7.92. The number of hydrogen-bond donors (Lipinski definition) is 5. The molecule has 57 heavy (non-hydrogen) atoms. The van der Waals surface area contributed by atoms with E-state index in [1.165, 1.54) is 11.8 Å². The number of likely N-dealkylation sites (tertiary alicyclic amines) is 1. The van der Waals surface area contributed by atoms with E-state index in [-0.39, 0.29) is 62.2 Å². The lowest BCUT2D eigenvalue weighted by molar-refractivity contribution is -0.144. The zero-order valence-electron chi connectivity index (χ0n) is 34.4. The maximum Gasteiger partial charge on any atom is 0.246 e. The van der Waals surface area contributed by atoms with Crippen LogP contribution in [-0.2, 0) is 30.4 Å². The van der Waals surface area contributed by atoms with E-state index < -0.39 is 35.4 Å². The van der Waals surface area contributed by atoms with E-state index >= 15 is 0 Å². The number of aliphatic hydroxyl groups is 1. The molecule has 1 saturated heterocycles. The molecule has 5 atom stereocenters. The maximum absolute atomic E-state index is 14.1. The summed E-state index contributed by atoms with van der Waals surface area (Å²) in [6, 6.07) is 11.3. The van der Waals surface area contributed by atoms with Gasteiger partial charge in [0.15, 0.2) is 0 Å². The Labute approximate surface area is 340 Å². The second-order valence-electron chi connectivity index (χ2n) is 16.2. The summed E-state index contributed by atoms with van der Waals surface area (Å²) >= 11 is 1.58. The summed E-state index contributed by atoms with van der Waals surface area (Å²) in [4.78, 5) is 70.7. The molecule has 0 bridgehead atoms. The SMILES string of the molecule is CC(=O)N[C@@H](CCC(N)=O)COc1cccc(CCCCCC(=O)N[C@H](C(=O)N2C[C@H](O)C[C@H]2C(=O)N[C@@H](C)c2ccc(-c3scnc3C)cc2)C(C)(C)C)c1C. The van der Waals surface area contributed by atoms with Crippen molar-refractivity contribution in [2.45, 2.75) is 130 Å². The molecule has 1 aromatic heterocycles. The molecular weight excluding hydrogens is 745 g/mol. The number of unbranched alkanes of at least 4 members (excludes halogenated alkanes) is 2. The summed E-state index contributed by atoms with van der Waals surface area (Å²) in [5.41, 5.74) is 11.5. The third kappa shape index (κ3) is 13.1. The van der Waals surface area contributed by atoms with Crippen LogP contribution in [0.3, 0.4) is 0 Å². The number of nitrogens with zero attached hydrogens (tertiary/aromatic N) is 2. The number of nitrogens with two attached hydrogens (primary N) is 1. The minimum atomic E-state index is -0.891. The van der Waals surface area contributed by atoms with Gasteiger partial charge in [-0.05, 0) is 80.2 Å². The van der Waals surface area contributed by atoms with E-state index in [1.807, 2.05) is 89.5 Å². The highest BCUT2D eigenvalue weighted by Crippen LogP contribution is 2.30. The van der Waals surface area contributed by atoms with Gasteiger partial charge < -0.3 is 36.4 Å². The Morgan fingerprint density at radius 1 is 1.00 bits per heavy atom. The first-order valence-electron chi connectivity index (χ1n) is 19.8. The van der Waals surface area contributed by atoms with Gasteiger partial charge in [0.05, 0.1) is 34.3 Å². The van der Waals surface area contributed by atoms with Crippen molar-refractivity contribution in [1.29, 1.82) is 0 Å². The first-order valence-corrected chi connectivity index (χ1v) is 20.7. The van der Waals surface area contributed by atoms with E-state index in [1.54, 1.807) is 11.3 Å². The van der Waals surface area contributed by atoms with Gasteiger partial charge >= 0.3 is 0 Å². The summed E-state index contributed by atoms with van der Waals surface area (Å²) in [7, 11) is 0. The van der Waals surface area contributed by atoms with E-state index in [4.69, 9.17) is 10.5 Å². The molecule has 2 aromatic carbocycles. The lowest BCUT2D eigenvalue weighted by atomic mass is 9.85. The molecule has 2 heterocycles. The molecule has 4 rings (SSSR count). The van der Waals surface area contributed by atoms with Crippen LogP contribution in [0.4, 0.5) is 0 Å². The van der Waals surface area contributed by atoms with Crippen LogP contribution < -0.4 is 26.4 Å². The Morgan fingerprint density at radius 3 is 2.35 bits per heavy atom. The van der Waals surface area contributed by atoms with Gasteiger partial charge in [-0.25, -0.2) is 4.98 Å². The molecule has 1 fully saturated rings. The van der Waals surface area contributed by atoms with Gasteiger partial charge in [0.1, 0.15) is 24.4 Å². The third-order valence-corrected chi connectivity index (χ3v) is 11.4. The molecule has 1 aliphatic rings. The Hall–Kier alpha value is -4.82. The number of rotatable bonds is 19. The molecule has 0 spiro atoms. The van der Waals surface area contributed by atoms with Crippen molar-refractivity contribution < 1.29 is 33.8 Å². The van der Waals surface area contributed by atoms with E-state index in [0.717, 1.165) is 52.1 Å². The molecule has 6 N–H and O–H groups in total. The van der Waals surface area contributed by atoms with Gasteiger partial charge in [0, 0.05) is 32.7 Å². The van der Waals surface area contributed by atoms with Crippen molar-refractivity contribution in [2.75, 3.05) is 13.2 Å². The van der Waals surface area contributed by atoms with Gasteiger partial charge in [0.25, 0.3) is 0 Å². The number of benzene rings is 2. The molecule has 13 nitrogen and oxygen atoms in total. The van der Waals surface area contributed by atoms with Crippen molar-refractivity contribution in [3.05, 3.63) is 70.4 Å². The third-order valence-electron chi connectivity index (χ3n) is 10.4. The summed E-state index contributed by atoms with van der Waals surface area (Å²) in [5, 5.41) is 19.4. The molecule has 0 unspecified atom stereocenters. The fraction of sp³-hybridized carbons (Fsp3) is 0.535. The van der Waals surface area contributed by atoms with Gasteiger partial charge in [0.2, 0.25) is 29.5 Å². The summed E-state index contributed by atoms with van der Waals surface area (Å²) in [5.74, 6) is -0.931. The zero-order chi connectivity index (χ0) is 41.9. The second-order valence-corrected chi connectivity index (χ2v) is 17.1. The number of hydrogen-bond acceptors (Lipinski definition) is 9. The minimum absolute atomic E-state index is 0.00743. The Bertz CT molecular complexity index is 1860. The van der Waals surface area contributed by atoms with Gasteiger partial charge in [-0.1, -0.05) is 63.6 Å². The minimum Gasteiger partial charge on any atom is -0.491 e. The quantitative estimate of drug-likeness (QED) is 0.104. The summed E-state index contributed by atoms with van der Waals surface area (Å²) in [6.45, 7) is 13.1. The fourth-order valence-electron chi connectivity index (χ4n) is 7.10. The molecule has 1 aliphatic heterocycles. The van der Waals surface area contributed by atoms with Crippen molar-refractivity contribution >= 4 is 40.9 Å². The highest BCUT2D eigenvalue weighted by atomic mass is 32.1. The number of amides is 5. The molecule has 3 aromatic rings. The number of carbonyl (C=O) groups is 5. The van der Waals surface area contributed by atoms with Crippen LogP contribution in [0.1, 0.15) is 108 Å². The van der Waals surface area contributed by atoms with Crippen molar-refractivity contribution in [1.82, 2.24) is 25.8 Å². The van der Waals surface area contributed by atoms with Crippen molar-refractivity contribution in [3.63, 3.8) is 0 Å². The Kier molecular flexibility index (Phi) is 16.2. The first-order chi connectivity index (χ1) is 26.9. The average Bonchev–Trinajstić information content (AvgIpc) is 3.76. The molecule has 0 radical (unpaired) electrons. The number of aryl methyl sites for hydroxylation is 2. The van der Waals surface area contributed by atoms with Crippen LogP contribution in [0.25, 0.3) is 10.4 Å². The zero-order valence-corrected chi connectivity index (χ0v) is 35.2. The van der Waals surface area contributed by atoms with E-state index in [2.05, 4.69) is 20.9 Å². The van der Waals surface area contributed by atoms with E-state index in [0.29, 0.717) is 18.6 Å². The highest BCUT2D eigenvalue weighted by molar-refractivity contribution is 7.13. The second kappa shape index (κ2) is 20.6. The largest absolute Gasteiger partial charge is 0.491 e. The van der Waals surface area contributed by atoms with Crippen LogP contribution in [-0.4, -0.2) is 81.9 Å². The van der Waals surface area contributed by atoms with Crippen LogP contribution in [0.15, 0.2) is 48.0 Å². The van der Waals surface area contributed by atoms with Crippen LogP contribution >= 0.6 is 11.3 Å². The lowest BCUT2D eigenvalue weighted by Crippen LogP contribution is -2.57. The molecule has 5 amide bonds. The summed E-state index contributed by atoms with van der Waals surface area (Å²) < 4.78 is 6.04. The summed E-state index contributed by atoms with van der Waals surface area (Å²) in [6.07, 6.45) is 3.05. The topological polar surface area (TPSA) is 193 Å². The number of aliphatic hydroxyl groups excluding tert-OH is 1. The lowest BCUT2D eigenvalue weighted by Gasteiger charge is -2.35. The Balaban J connectivity index is 1.28. The average molecular weight is 805 g/mol. The van der Waals surface area contributed by atoms with Gasteiger partial charge in [-0.2, -0.15) is 0 Å². The monoisotopic (exact) mass is 804 g/mol. The standard InChI is InChI=1S/C43H60N6O7S/c1-26-30(13-11-14-36(26)56-24-33(47-29(4)50)20-21-37(44)52)12-9-8-10-15-38(53)48-40(43(5,6)7)42(55)49-23-34(51)22-35(49)41(54)46-27(2)31-16-18-32(19-17-31)39-28(3)45-25-57-39/h11,13-14,16-19,25,27,33-35,40,51H,8-10,12,15,20-24H2,1-7H3,(H2,44,52)(H,46,54)(H,47,50)(H,48,53)/t27-,33-,34+,35-,40+/m0/s1. The van der Waals surface area contributed by atoms with Crippen LogP contribution in [0.5, 0.6) is 5.75 Å². The number of carbonyl (C=O) groups excluding carboxylic acids is 5. The maximum atomic E-state index is 14.1. The van der Waals surface area contributed by atoms with E-state index in [9.17, 15) is 29.1 Å². The number of ether oxygens (including phenoxy) is 1. The number of aromatic nitrogens is 1. The predicted molar refractivity (Wildman–Crippen MR) is 221 cm³/mol. The van der Waals surface area contributed by atoms with Crippen molar-refractivity contribution in [2.24, 2.45) is 11.1 Å². The van der Waals surface area contributed by atoms with Crippen LogP contribution in [0, 0.1) is 19.3 Å². The molecule has 310 valence electrons. The predicted octanol–water partition coefficient (Wildman–Crippen LogP) is 5.05. The molecule has 0 aliphatic carbocycles. The first kappa shape index (κ1) is 44.9. The van der Waals surface area contributed by atoms with Crippen molar-refractivity contribution in [3.8, 4) is 16.2 Å². The molecule has 14 heteroatoms. The number of β-amino-alcohol motifs (C(OH)–C–C–N with tert-alkyl or cyclic N) is 1. The van der Waals surface area contributed by atoms with Gasteiger partial charge in [-0.15, -0.1) is 11.3 Å². The number of nitrogens with one attached hydrogen (secondary N) is 3. The molecule has 0 saturated carbocycles. The highest BCUT2D eigenvalue weighted by Gasteiger charge is 2.44. The number of primary amides is 1. The Morgan fingerprint density at radius 2 is 1.72 bits per heavy atom. The molecular formula is C43H60N6O7S. The number of thiazole rings is 1. The normalized spacial score (nSPS) is 17.0. The van der Waals surface area contributed by atoms with Crippen LogP contribution in [0.2, 0.25) is 0 Å².